The van der Waals surface area contributed by atoms with E-state index in [0.29, 0.717) is 12.1 Å². The molecular weight excluding hydrogens is 148 g/mol. The summed E-state index contributed by atoms with van der Waals surface area (Å²) in [6, 6.07) is 1.18. The van der Waals surface area contributed by atoms with Crippen LogP contribution in [0.3, 0.4) is 0 Å². The van der Waals surface area contributed by atoms with Gasteiger partial charge in [-0.05, 0) is 26.7 Å². The van der Waals surface area contributed by atoms with Gasteiger partial charge in [0.1, 0.15) is 0 Å². The summed E-state index contributed by atoms with van der Waals surface area (Å²) >= 11 is 0. The lowest BCUT2D eigenvalue weighted by Crippen LogP contribution is -2.44. The van der Waals surface area contributed by atoms with Crippen molar-refractivity contribution in [2.24, 2.45) is 0 Å². The minimum Gasteiger partial charge on any atom is -0.255 e. The standard InChI is InChI=1S/C10H24N2/c1-5-7-9(3)11-12-10(4)8-6-2/h9-12H,5-8H2,1-4H3/t9-,10-/m1/s1. The lowest BCUT2D eigenvalue weighted by atomic mass is 10.2. The van der Waals surface area contributed by atoms with Gasteiger partial charge in [-0.2, -0.15) is 0 Å². The molecule has 0 aromatic rings. The first-order chi connectivity index (χ1) is 5.70. The van der Waals surface area contributed by atoms with E-state index in [-0.39, 0.29) is 0 Å². The van der Waals surface area contributed by atoms with Gasteiger partial charge in [0.15, 0.2) is 0 Å². The molecule has 0 unspecified atom stereocenters. The fraction of sp³-hybridized carbons (Fsp3) is 1.00. The average Bonchev–Trinajstić information content (AvgIpc) is 2.02. The minimum absolute atomic E-state index is 0.592. The van der Waals surface area contributed by atoms with E-state index >= 15 is 0 Å². The highest BCUT2D eigenvalue weighted by Crippen LogP contribution is 1.96. The topological polar surface area (TPSA) is 24.1 Å². The number of rotatable bonds is 7. The molecular formula is C10H24N2. The maximum absolute atomic E-state index is 3.32. The molecule has 74 valence electrons. The molecule has 0 bridgehead atoms. The first kappa shape index (κ1) is 11.9. The van der Waals surface area contributed by atoms with Gasteiger partial charge in [0.05, 0.1) is 0 Å². The molecule has 2 atom stereocenters. The highest BCUT2D eigenvalue weighted by Gasteiger charge is 2.01. The second-order valence-electron chi connectivity index (χ2n) is 3.67. The van der Waals surface area contributed by atoms with Crippen molar-refractivity contribution in [3.05, 3.63) is 0 Å². The zero-order valence-corrected chi connectivity index (χ0v) is 8.98. The zero-order chi connectivity index (χ0) is 9.40. The Morgan fingerprint density at radius 2 is 1.17 bits per heavy atom. The lowest BCUT2D eigenvalue weighted by molar-refractivity contribution is 0.369. The van der Waals surface area contributed by atoms with Crippen molar-refractivity contribution < 1.29 is 0 Å². The van der Waals surface area contributed by atoms with Gasteiger partial charge in [-0.25, -0.2) is 0 Å². The first-order valence-corrected chi connectivity index (χ1v) is 5.21. The van der Waals surface area contributed by atoms with Crippen LogP contribution in [0.1, 0.15) is 53.4 Å². The van der Waals surface area contributed by atoms with Crippen molar-refractivity contribution in [2.45, 2.75) is 65.5 Å². The van der Waals surface area contributed by atoms with Gasteiger partial charge in [0.25, 0.3) is 0 Å². The van der Waals surface area contributed by atoms with Crippen LogP contribution in [0.4, 0.5) is 0 Å². The molecule has 2 nitrogen and oxygen atoms in total. The third-order valence-electron chi connectivity index (χ3n) is 2.02. The predicted octanol–water partition coefficient (Wildman–Crippen LogP) is 2.46. The van der Waals surface area contributed by atoms with Gasteiger partial charge in [-0.1, -0.05) is 26.7 Å². The quantitative estimate of drug-likeness (QED) is 0.576. The SMILES string of the molecule is CCC[C@@H](C)NN[C@H](C)CCC. The fourth-order valence-electron chi connectivity index (χ4n) is 1.29. The molecule has 12 heavy (non-hydrogen) atoms. The minimum atomic E-state index is 0.592. The Morgan fingerprint density at radius 1 is 0.833 bits per heavy atom. The van der Waals surface area contributed by atoms with Crippen LogP contribution in [0.5, 0.6) is 0 Å². The van der Waals surface area contributed by atoms with E-state index in [0.717, 1.165) is 0 Å². The Kier molecular flexibility index (Phi) is 7.51. The predicted molar refractivity (Wildman–Crippen MR) is 55.0 cm³/mol. The number of nitrogens with one attached hydrogen (secondary N) is 2. The van der Waals surface area contributed by atoms with Crippen molar-refractivity contribution in [1.29, 1.82) is 0 Å². The highest BCUT2D eigenvalue weighted by atomic mass is 15.4. The molecule has 0 heterocycles. The van der Waals surface area contributed by atoms with Crippen LogP contribution in [0.25, 0.3) is 0 Å². The maximum Gasteiger partial charge on any atom is 0.0184 e. The Balaban J connectivity index is 3.27. The van der Waals surface area contributed by atoms with E-state index in [1.165, 1.54) is 25.7 Å². The average molecular weight is 172 g/mol. The molecule has 0 aromatic heterocycles. The van der Waals surface area contributed by atoms with Crippen molar-refractivity contribution in [2.75, 3.05) is 0 Å². The molecule has 0 aliphatic rings. The smallest absolute Gasteiger partial charge is 0.0184 e. The van der Waals surface area contributed by atoms with Crippen molar-refractivity contribution in [3.8, 4) is 0 Å². The molecule has 0 spiro atoms. The Hall–Kier alpha value is -0.0800. The van der Waals surface area contributed by atoms with E-state index < -0.39 is 0 Å². The van der Waals surface area contributed by atoms with Crippen LogP contribution in [0.2, 0.25) is 0 Å². The van der Waals surface area contributed by atoms with Crippen LogP contribution < -0.4 is 10.9 Å². The van der Waals surface area contributed by atoms with Crippen molar-refractivity contribution in [1.82, 2.24) is 10.9 Å². The van der Waals surface area contributed by atoms with Gasteiger partial charge in [-0.3, -0.25) is 10.9 Å². The molecule has 0 aliphatic heterocycles. The molecule has 0 amide bonds. The second-order valence-corrected chi connectivity index (χ2v) is 3.67. The molecule has 2 heteroatoms. The summed E-state index contributed by atoms with van der Waals surface area (Å²) in [4.78, 5) is 0. The van der Waals surface area contributed by atoms with Crippen LogP contribution in [-0.2, 0) is 0 Å². The van der Waals surface area contributed by atoms with Crippen molar-refractivity contribution in [3.63, 3.8) is 0 Å². The van der Waals surface area contributed by atoms with Gasteiger partial charge >= 0.3 is 0 Å². The molecule has 0 saturated heterocycles. The fourth-order valence-corrected chi connectivity index (χ4v) is 1.29. The Labute approximate surface area is 77.1 Å². The summed E-state index contributed by atoms with van der Waals surface area (Å²) in [7, 11) is 0. The normalized spacial score (nSPS) is 16.0. The van der Waals surface area contributed by atoms with E-state index in [1.807, 2.05) is 0 Å². The molecule has 0 saturated carbocycles. The summed E-state index contributed by atoms with van der Waals surface area (Å²) in [5, 5.41) is 0. The molecule has 0 radical (unpaired) electrons. The molecule has 0 aromatic carbocycles. The summed E-state index contributed by atoms with van der Waals surface area (Å²) in [5.74, 6) is 0. The van der Waals surface area contributed by atoms with E-state index in [2.05, 4.69) is 38.5 Å². The van der Waals surface area contributed by atoms with Gasteiger partial charge < -0.3 is 0 Å². The Morgan fingerprint density at radius 3 is 1.42 bits per heavy atom. The van der Waals surface area contributed by atoms with Gasteiger partial charge in [-0.15, -0.1) is 0 Å². The summed E-state index contributed by atoms with van der Waals surface area (Å²) in [5.41, 5.74) is 6.64. The Bertz CT molecular complexity index is 81.8. The summed E-state index contributed by atoms with van der Waals surface area (Å²) in [6.07, 6.45) is 4.98. The third kappa shape index (κ3) is 6.62. The highest BCUT2D eigenvalue weighted by molar-refractivity contribution is 4.60. The van der Waals surface area contributed by atoms with E-state index in [9.17, 15) is 0 Å². The van der Waals surface area contributed by atoms with E-state index in [4.69, 9.17) is 0 Å². The largest absolute Gasteiger partial charge is 0.255 e. The molecule has 2 N–H and O–H groups in total. The van der Waals surface area contributed by atoms with Crippen LogP contribution in [0, 0.1) is 0 Å². The number of hydrazine groups is 1. The summed E-state index contributed by atoms with van der Waals surface area (Å²) < 4.78 is 0. The van der Waals surface area contributed by atoms with Crippen LogP contribution in [-0.4, -0.2) is 12.1 Å². The van der Waals surface area contributed by atoms with Gasteiger partial charge in [0.2, 0.25) is 0 Å². The molecule has 0 fully saturated rings. The zero-order valence-electron chi connectivity index (χ0n) is 8.98. The third-order valence-corrected chi connectivity index (χ3v) is 2.02. The molecule has 0 aliphatic carbocycles. The van der Waals surface area contributed by atoms with Crippen LogP contribution in [0.15, 0.2) is 0 Å². The first-order valence-electron chi connectivity index (χ1n) is 5.21. The van der Waals surface area contributed by atoms with Crippen molar-refractivity contribution >= 4 is 0 Å². The van der Waals surface area contributed by atoms with E-state index in [1.54, 1.807) is 0 Å². The number of hydrogen-bond acceptors (Lipinski definition) is 2. The second kappa shape index (κ2) is 7.56. The molecule has 0 rings (SSSR count). The maximum atomic E-state index is 3.32. The van der Waals surface area contributed by atoms with Gasteiger partial charge in [0, 0.05) is 12.1 Å². The lowest BCUT2D eigenvalue weighted by Gasteiger charge is -2.18. The monoisotopic (exact) mass is 172 g/mol. The number of hydrogen-bond donors (Lipinski definition) is 2. The summed E-state index contributed by atoms with van der Waals surface area (Å²) in [6.45, 7) is 8.87. The van der Waals surface area contributed by atoms with Crippen LogP contribution >= 0.6 is 0 Å².